The van der Waals surface area contributed by atoms with Gasteiger partial charge in [-0.25, -0.2) is 4.79 Å². The number of carbonyl (C=O) groups excluding carboxylic acids is 1. The van der Waals surface area contributed by atoms with E-state index in [0.29, 0.717) is 12.6 Å². The minimum Gasteiger partial charge on any atom is -0.396 e. The van der Waals surface area contributed by atoms with Crippen LogP contribution in [0.4, 0.5) is 4.79 Å². The molecule has 20 heavy (non-hydrogen) atoms. The maximum Gasteiger partial charge on any atom is 0.317 e. The minimum absolute atomic E-state index is 0.0294. The lowest BCUT2D eigenvalue weighted by molar-refractivity contribution is 0.0220. The highest BCUT2D eigenvalue weighted by atomic mass is 16.5. The van der Waals surface area contributed by atoms with E-state index < -0.39 is 0 Å². The molecule has 5 heteroatoms. The summed E-state index contributed by atoms with van der Waals surface area (Å²) in [5.74, 6) is 0. The van der Waals surface area contributed by atoms with Gasteiger partial charge < -0.3 is 20.1 Å². The van der Waals surface area contributed by atoms with Gasteiger partial charge in [-0.15, -0.1) is 0 Å². The van der Waals surface area contributed by atoms with E-state index in [1.807, 2.05) is 25.7 Å². The van der Waals surface area contributed by atoms with Gasteiger partial charge in [0.05, 0.1) is 6.10 Å². The molecule has 0 aliphatic carbocycles. The largest absolute Gasteiger partial charge is 0.396 e. The van der Waals surface area contributed by atoms with Gasteiger partial charge in [-0.05, 0) is 38.0 Å². The molecule has 1 rings (SSSR count). The SMILES string of the molecule is CCOC1CCN(C(=O)NCCCC(C)(C)CO)CC1. The van der Waals surface area contributed by atoms with Crippen molar-refractivity contribution in [2.24, 2.45) is 5.41 Å². The van der Waals surface area contributed by atoms with Gasteiger partial charge in [-0.2, -0.15) is 0 Å². The number of hydrogen-bond donors (Lipinski definition) is 2. The monoisotopic (exact) mass is 286 g/mol. The second kappa shape index (κ2) is 8.47. The summed E-state index contributed by atoms with van der Waals surface area (Å²) >= 11 is 0. The van der Waals surface area contributed by atoms with Crippen molar-refractivity contribution in [3.63, 3.8) is 0 Å². The van der Waals surface area contributed by atoms with Crippen LogP contribution in [0, 0.1) is 5.41 Å². The molecule has 118 valence electrons. The van der Waals surface area contributed by atoms with Crippen LogP contribution in [0.15, 0.2) is 0 Å². The Labute approximate surface area is 122 Å². The smallest absolute Gasteiger partial charge is 0.317 e. The summed E-state index contributed by atoms with van der Waals surface area (Å²) in [6, 6.07) is 0.0294. The molecule has 1 aliphatic heterocycles. The molecular formula is C15H30N2O3. The van der Waals surface area contributed by atoms with E-state index >= 15 is 0 Å². The predicted octanol–water partition coefficient (Wildman–Crippen LogP) is 2.00. The van der Waals surface area contributed by atoms with Gasteiger partial charge >= 0.3 is 6.03 Å². The van der Waals surface area contributed by atoms with Gasteiger partial charge in [-0.3, -0.25) is 0 Å². The normalized spacial score (nSPS) is 17.3. The molecule has 0 unspecified atom stereocenters. The van der Waals surface area contributed by atoms with Crippen LogP contribution < -0.4 is 5.32 Å². The first kappa shape index (κ1) is 17.2. The van der Waals surface area contributed by atoms with Gasteiger partial charge in [0.1, 0.15) is 0 Å². The van der Waals surface area contributed by atoms with Crippen LogP contribution in [0.1, 0.15) is 46.5 Å². The Morgan fingerprint density at radius 1 is 1.40 bits per heavy atom. The van der Waals surface area contributed by atoms with E-state index in [1.54, 1.807) is 0 Å². The molecule has 0 spiro atoms. The third-order valence-electron chi connectivity index (χ3n) is 3.87. The number of carbonyl (C=O) groups is 1. The predicted molar refractivity (Wildman–Crippen MR) is 79.7 cm³/mol. The van der Waals surface area contributed by atoms with Crippen LogP contribution in [0.5, 0.6) is 0 Å². The van der Waals surface area contributed by atoms with E-state index in [2.05, 4.69) is 5.32 Å². The highest BCUT2D eigenvalue weighted by molar-refractivity contribution is 5.74. The zero-order valence-electron chi connectivity index (χ0n) is 13.2. The number of piperidine rings is 1. The first-order chi connectivity index (χ1) is 9.48. The number of urea groups is 1. The first-order valence-corrected chi connectivity index (χ1v) is 7.74. The molecular weight excluding hydrogens is 256 g/mol. The Hall–Kier alpha value is -0.810. The Morgan fingerprint density at radius 2 is 2.05 bits per heavy atom. The van der Waals surface area contributed by atoms with E-state index in [4.69, 9.17) is 9.84 Å². The molecule has 0 bridgehead atoms. The molecule has 2 amide bonds. The standard InChI is InChI=1S/C15H30N2O3/c1-4-20-13-6-10-17(11-7-13)14(19)16-9-5-8-15(2,3)12-18/h13,18H,4-12H2,1-3H3,(H,16,19). The van der Waals surface area contributed by atoms with Crippen molar-refractivity contribution in [1.82, 2.24) is 10.2 Å². The van der Waals surface area contributed by atoms with E-state index in [-0.39, 0.29) is 18.1 Å². The molecule has 0 aromatic rings. The van der Waals surface area contributed by atoms with Crippen molar-refractivity contribution in [1.29, 1.82) is 0 Å². The lowest BCUT2D eigenvalue weighted by Gasteiger charge is -2.32. The summed E-state index contributed by atoms with van der Waals surface area (Å²) in [6.07, 6.45) is 3.98. The number of nitrogens with one attached hydrogen (secondary N) is 1. The fourth-order valence-electron chi connectivity index (χ4n) is 2.41. The summed E-state index contributed by atoms with van der Waals surface area (Å²) in [7, 11) is 0. The average molecular weight is 286 g/mol. The number of ether oxygens (including phenoxy) is 1. The van der Waals surface area contributed by atoms with Crippen LogP contribution in [-0.2, 0) is 4.74 Å². The molecule has 0 atom stereocenters. The van der Waals surface area contributed by atoms with Crippen molar-refractivity contribution >= 4 is 6.03 Å². The lowest BCUT2D eigenvalue weighted by Crippen LogP contribution is -2.46. The molecule has 5 nitrogen and oxygen atoms in total. The van der Waals surface area contributed by atoms with Crippen molar-refractivity contribution < 1.29 is 14.6 Å². The Bertz CT molecular complexity index is 287. The molecule has 1 fully saturated rings. The first-order valence-electron chi connectivity index (χ1n) is 7.74. The fourth-order valence-corrected chi connectivity index (χ4v) is 2.41. The summed E-state index contributed by atoms with van der Waals surface area (Å²) in [5, 5.41) is 12.1. The zero-order chi connectivity index (χ0) is 15.0. The highest BCUT2D eigenvalue weighted by Gasteiger charge is 2.22. The second-order valence-electron chi connectivity index (χ2n) is 6.30. The van der Waals surface area contributed by atoms with Crippen LogP contribution in [0.3, 0.4) is 0 Å². The second-order valence-corrected chi connectivity index (χ2v) is 6.30. The third-order valence-corrected chi connectivity index (χ3v) is 3.87. The molecule has 1 aliphatic rings. The van der Waals surface area contributed by atoms with E-state index in [1.165, 1.54) is 0 Å². The Morgan fingerprint density at radius 3 is 2.60 bits per heavy atom. The van der Waals surface area contributed by atoms with Crippen molar-refractivity contribution in [3.8, 4) is 0 Å². The van der Waals surface area contributed by atoms with Crippen LogP contribution in [0.2, 0.25) is 0 Å². The number of aliphatic hydroxyl groups excluding tert-OH is 1. The highest BCUT2D eigenvalue weighted by Crippen LogP contribution is 2.20. The number of likely N-dealkylation sites (tertiary alicyclic amines) is 1. The third kappa shape index (κ3) is 6.09. The fraction of sp³-hybridized carbons (Fsp3) is 0.933. The van der Waals surface area contributed by atoms with Gasteiger partial charge in [0.2, 0.25) is 0 Å². The summed E-state index contributed by atoms with van der Waals surface area (Å²) in [4.78, 5) is 13.8. The lowest BCUT2D eigenvalue weighted by atomic mass is 9.89. The molecule has 1 heterocycles. The maximum absolute atomic E-state index is 12.0. The van der Waals surface area contributed by atoms with Crippen molar-refractivity contribution in [2.45, 2.75) is 52.6 Å². The average Bonchev–Trinajstić information content (AvgIpc) is 2.44. The van der Waals surface area contributed by atoms with E-state index in [9.17, 15) is 4.79 Å². The zero-order valence-corrected chi connectivity index (χ0v) is 13.2. The molecule has 0 saturated carbocycles. The van der Waals surface area contributed by atoms with Crippen molar-refractivity contribution in [3.05, 3.63) is 0 Å². The molecule has 0 aromatic heterocycles. The molecule has 1 saturated heterocycles. The van der Waals surface area contributed by atoms with Gasteiger partial charge in [-0.1, -0.05) is 13.8 Å². The van der Waals surface area contributed by atoms with Gasteiger partial charge in [0, 0.05) is 32.8 Å². The number of hydrogen-bond acceptors (Lipinski definition) is 3. The van der Waals surface area contributed by atoms with Gasteiger partial charge in [0.25, 0.3) is 0 Å². The van der Waals surface area contributed by atoms with Gasteiger partial charge in [0.15, 0.2) is 0 Å². The quantitative estimate of drug-likeness (QED) is 0.704. The topological polar surface area (TPSA) is 61.8 Å². The summed E-state index contributed by atoms with van der Waals surface area (Å²) in [5.41, 5.74) is -0.0550. The number of amides is 2. The molecule has 2 N–H and O–H groups in total. The van der Waals surface area contributed by atoms with Crippen molar-refractivity contribution in [2.75, 3.05) is 32.8 Å². The Kier molecular flexibility index (Phi) is 7.30. The minimum atomic E-state index is -0.0550. The van der Waals surface area contributed by atoms with Crippen LogP contribution in [-0.4, -0.2) is 55.0 Å². The van der Waals surface area contributed by atoms with Crippen LogP contribution in [0.25, 0.3) is 0 Å². The van der Waals surface area contributed by atoms with Crippen LogP contribution >= 0.6 is 0 Å². The molecule has 0 aromatic carbocycles. The number of rotatable bonds is 7. The Balaban J connectivity index is 2.15. The summed E-state index contributed by atoms with van der Waals surface area (Å²) < 4.78 is 5.58. The van der Waals surface area contributed by atoms with E-state index in [0.717, 1.165) is 45.4 Å². The number of nitrogens with zero attached hydrogens (tertiary/aromatic N) is 1. The molecule has 0 radical (unpaired) electrons. The maximum atomic E-state index is 12.0. The summed E-state index contributed by atoms with van der Waals surface area (Å²) in [6.45, 7) is 9.24. The number of aliphatic hydroxyl groups is 1.